The summed E-state index contributed by atoms with van der Waals surface area (Å²) in [5, 5.41) is 11.8. The van der Waals surface area contributed by atoms with Crippen LogP contribution in [0.4, 0.5) is 21.9 Å². The number of benzene rings is 2. The van der Waals surface area contributed by atoms with E-state index in [9.17, 15) is 14.1 Å². The number of ether oxygens (including phenoxy) is 2. The van der Waals surface area contributed by atoms with Crippen molar-refractivity contribution in [3.8, 4) is 5.75 Å². The molecular weight excluding hydrogens is 572 g/mol. The maximum atomic E-state index is 14.1. The lowest BCUT2D eigenvalue weighted by Gasteiger charge is -2.36. The lowest BCUT2D eigenvalue weighted by atomic mass is 9.79. The molecular formula is C32H44N2O6S2. The van der Waals surface area contributed by atoms with E-state index in [1.807, 2.05) is 43.5 Å². The normalized spacial score (nSPS) is 16.1. The van der Waals surface area contributed by atoms with Gasteiger partial charge in [0.15, 0.2) is 4.90 Å². The second-order valence-corrected chi connectivity index (χ2v) is 12.9. The van der Waals surface area contributed by atoms with Gasteiger partial charge in [0.05, 0.1) is 29.5 Å². The Morgan fingerprint density at radius 2 is 1.76 bits per heavy atom. The van der Waals surface area contributed by atoms with E-state index in [0.29, 0.717) is 35.2 Å². The number of carbonyl (C=O) groups excluding carboxylic acids is 1. The first-order valence-corrected chi connectivity index (χ1v) is 17.3. The molecule has 0 saturated carbocycles. The molecule has 0 aromatic heterocycles. The number of carbonyl (C=O) groups is 2. The van der Waals surface area contributed by atoms with Gasteiger partial charge in [-0.3, -0.25) is 5.32 Å². The zero-order valence-electron chi connectivity index (χ0n) is 25.1. The summed E-state index contributed by atoms with van der Waals surface area (Å²) in [7, 11) is 0. The maximum absolute atomic E-state index is 14.1. The molecule has 1 aliphatic heterocycles. The fraction of sp³-hybridized carbons (Fsp3) is 0.500. The molecule has 3 rings (SSSR count). The molecule has 10 heteroatoms. The van der Waals surface area contributed by atoms with Crippen molar-refractivity contribution in [2.45, 2.75) is 81.9 Å². The van der Waals surface area contributed by atoms with Gasteiger partial charge in [0.2, 0.25) is 0 Å². The second-order valence-electron chi connectivity index (χ2n) is 10.7. The quantitative estimate of drug-likeness (QED) is 0.0675. The van der Waals surface area contributed by atoms with Crippen molar-refractivity contribution in [3.05, 3.63) is 48.7 Å². The zero-order chi connectivity index (χ0) is 30.5. The van der Waals surface area contributed by atoms with Crippen molar-refractivity contribution < 1.29 is 28.7 Å². The van der Waals surface area contributed by atoms with E-state index >= 15 is 0 Å². The Morgan fingerprint density at radius 1 is 1.10 bits per heavy atom. The molecule has 2 aromatic carbocycles. The maximum Gasteiger partial charge on any atom is 0.411 e. The Hall–Kier alpha value is -2.82. The number of rotatable bonds is 15. The molecule has 1 heterocycles. The van der Waals surface area contributed by atoms with Gasteiger partial charge in [-0.15, -0.1) is 11.8 Å². The fourth-order valence-electron chi connectivity index (χ4n) is 5.11. The highest BCUT2D eigenvalue weighted by molar-refractivity contribution is 7.98. The topological polar surface area (TPSA) is 111 Å². The van der Waals surface area contributed by atoms with Gasteiger partial charge in [0.25, 0.3) is 0 Å². The standard InChI is InChI=1S/C32H44N2O6S2/c1-5-8-16-32(17-9-6-2)22-34(25-13-11-24(12-14-25)33-31(37)40-18-10-7-3)26-20-28(41-4)27(39-19-15-30(35)36)21-29(26)42(38)23-32/h11-15,19-21H,5-10,16-18,22-23H2,1-4H3,(H,33,37)(H,35,36)/b19-15+. The van der Waals surface area contributed by atoms with E-state index in [4.69, 9.17) is 14.6 Å². The largest absolute Gasteiger partial charge is 0.611 e. The van der Waals surface area contributed by atoms with Crippen LogP contribution in [0.3, 0.4) is 0 Å². The predicted octanol–water partition coefficient (Wildman–Crippen LogP) is 8.36. The highest BCUT2D eigenvalue weighted by Crippen LogP contribution is 2.48. The third-order valence-corrected chi connectivity index (χ3v) is 9.85. The predicted molar refractivity (Wildman–Crippen MR) is 172 cm³/mol. The van der Waals surface area contributed by atoms with Crippen LogP contribution in [0.1, 0.15) is 72.1 Å². The Kier molecular flexibility index (Phi) is 13.4. The first-order valence-electron chi connectivity index (χ1n) is 14.7. The van der Waals surface area contributed by atoms with Gasteiger partial charge in [-0.25, -0.2) is 9.59 Å². The zero-order valence-corrected chi connectivity index (χ0v) is 26.8. The lowest BCUT2D eigenvalue weighted by molar-refractivity contribution is -0.131. The molecule has 230 valence electrons. The summed E-state index contributed by atoms with van der Waals surface area (Å²) in [4.78, 5) is 26.9. The summed E-state index contributed by atoms with van der Waals surface area (Å²) in [6.45, 7) is 7.51. The number of carboxylic acids is 1. The Balaban J connectivity index is 2.06. The first-order chi connectivity index (χ1) is 20.3. The number of anilines is 3. The van der Waals surface area contributed by atoms with Crippen molar-refractivity contribution in [1.29, 1.82) is 0 Å². The van der Waals surface area contributed by atoms with Gasteiger partial charge in [-0.1, -0.05) is 52.9 Å². The molecule has 0 saturated heterocycles. The Morgan fingerprint density at radius 3 is 2.36 bits per heavy atom. The van der Waals surface area contributed by atoms with E-state index in [1.54, 1.807) is 6.07 Å². The van der Waals surface area contributed by atoms with Gasteiger partial charge in [0, 0.05) is 29.4 Å². The number of nitrogens with one attached hydrogen (secondary N) is 1. The highest BCUT2D eigenvalue weighted by Gasteiger charge is 2.42. The summed E-state index contributed by atoms with van der Waals surface area (Å²) in [6.07, 6.45) is 11.5. The number of thioether (sulfide) groups is 1. The van der Waals surface area contributed by atoms with Crippen LogP contribution in [0.15, 0.2) is 58.5 Å². The van der Waals surface area contributed by atoms with Crippen molar-refractivity contribution >= 4 is 52.1 Å². The average Bonchev–Trinajstić information content (AvgIpc) is 3.09. The minimum Gasteiger partial charge on any atom is -0.611 e. The summed E-state index contributed by atoms with van der Waals surface area (Å²) in [5.74, 6) is -0.0836. The van der Waals surface area contributed by atoms with E-state index in [1.165, 1.54) is 11.8 Å². The molecule has 8 nitrogen and oxygen atoms in total. The van der Waals surface area contributed by atoms with Crippen LogP contribution in [0.25, 0.3) is 0 Å². The van der Waals surface area contributed by atoms with E-state index in [0.717, 1.165) is 80.0 Å². The van der Waals surface area contributed by atoms with E-state index in [2.05, 4.69) is 24.1 Å². The average molecular weight is 617 g/mol. The molecule has 0 radical (unpaired) electrons. The minimum atomic E-state index is -1.30. The molecule has 0 aliphatic carbocycles. The smallest absolute Gasteiger partial charge is 0.411 e. The number of nitrogens with zero attached hydrogens (tertiary/aromatic N) is 1. The SMILES string of the molecule is CCCCOC(=O)Nc1ccc(N2CC(CCCC)(CCCC)C[S+]([O-])c3cc(O/C=C/C(=O)O)c(SC)cc32)cc1. The molecule has 2 aromatic rings. The molecule has 1 unspecified atom stereocenters. The van der Waals surface area contributed by atoms with Gasteiger partial charge >= 0.3 is 12.1 Å². The molecule has 42 heavy (non-hydrogen) atoms. The van der Waals surface area contributed by atoms with Crippen molar-refractivity contribution in [3.63, 3.8) is 0 Å². The van der Waals surface area contributed by atoms with Crippen LogP contribution in [-0.4, -0.2) is 46.9 Å². The van der Waals surface area contributed by atoms with Crippen LogP contribution in [0.2, 0.25) is 0 Å². The first kappa shape index (κ1) is 33.7. The number of aliphatic carboxylic acids is 1. The molecule has 2 N–H and O–H groups in total. The number of hydrogen-bond acceptors (Lipinski definition) is 7. The number of fused-ring (bicyclic) bond motifs is 1. The van der Waals surface area contributed by atoms with Gasteiger partial charge in [-0.05, 0) is 67.0 Å². The van der Waals surface area contributed by atoms with Crippen molar-refractivity contribution in [1.82, 2.24) is 0 Å². The third-order valence-electron chi connectivity index (χ3n) is 7.40. The number of hydrogen-bond donors (Lipinski definition) is 2. The number of unbranched alkanes of at least 4 members (excludes halogenated alkanes) is 3. The van der Waals surface area contributed by atoms with Crippen LogP contribution in [-0.2, 0) is 20.7 Å². The monoisotopic (exact) mass is 616 g/mol. The van der Waals surface area contributed by atoms with Gasteiger partial charge in [-0.2, -0.15) is 0 Å². The number of amides is 1. The van der Waals surface area contributed by atoms with Gasteiger partial charge < -0.3 is 24.0 Å². The van der Waals surface area contributed by atoms with Crippen molar-refractivity contribution in [2.75, 3.05) is 35.4 Å². The molecule has 0 spiro atoms. The van der Waals surface area contributed by atoms with Crippen LogP contribution < -0.4 is 15.0 Å². The molecule has 0 fully saturated rings. The number of carboxylic acid groups (broad SMARTS) is 1. The molecule has 0 bridgehead atoms. The summed E-state index contributed by atoms with van der Waals surface area (Å²) in [6, 6.07) is 11.5. The van der Waals surface area contributed by atoms with E-state index < -0.39 is 23.2 Å². The minimum absolute atomic E-state index is 0.153. The Labute approximate surface area is 257 Å². The highest BCUT2D eigenvalue weighted by atomic mass is 32.2. The van der Waals surface area contributed by atoms with Crippen LogP contribution in [0, 0.1) is 5.41 Å². The lowest BCUT2D eigenvalue weighted by Crippen LogP contribution is -2.38. The summed E-state index contributed by atoms with van der Waals surface area (Å²) in [5.41, 5.74) is 2.27. The third kappa shape index (κ3) is 9.34. The van der Waals surface area contributed by atoms with Crippen LogP contribution >= 0.6 is 11.8 Å². The molecule has 1 atom stereocenters. The summed E-state index contributed by atoms with van der Waals surface area (Å²) < 4.78 is 25.0. The molecule has 1 aliphatic rings. The van der Waals surface area contributed by atoms with E-state index in [-0.39, 0.29) is 5.41 Å². The Bertz CT molecular complexity index is 1200. The summed E-state index contributed by atoms with van der Waals surface area (Å²) >= 11 is 0.184. The van der Waals surface area contributed by atoms with Gasteiger partial charge in [0.1, 0.15) is 11.5 Å². The fourth-order valence-corrected chi connectivity index (χ4v) is 7.38. The van der Waals surface area contributed by atoms with Crippen LogP contribution in [0.5, 0.6) is 5.75 Å². The molecule has 1 amide bonds. The van der Waals surface area contributed by atoms with Crippen molar-refractivity contribution in [2.24, 2.45) is 5.41 Å². The second kappa shape index (κ2) is 16.7.